The van der Waals surface area contributed by atoms with Crippen molar-refractivity contribution < 1.29 is 19.5 Å². The monoisotopic (exact) mass is 173 g/mol. The van der Waals surface area contributed by atoms with E-state index in [0.717, 1.165) is 25.9 Å². The highest BCUT2D eigenvalue weighted by Crippen LogP contribution is 2.17. The molecule has 1 aliphatic rings. The molecular formula is C8H15NO3. The van der Waals surface area contributed by atoms with Gasteiger partial charge in [-0.15, -0.1) is 0 Å². The second-order valence-corrected chi connectivity index (χ2v) is 3.47. The minimum atomic E-state index is -1.01. The van der Waals surface area contributed by atoms with Gasteiger partial charge in [-0.3, -0.25) is 0 Å². The van der Waals surface area contributed by atoms with E-state index in [1.165, 1.54) is 0 Å². The molecule has 4 heteroatoms. The normalized spacial score (nSPS) is 21.1. The van der Waals surface area contributed by atoms with Crippen molar-refractivity contribution in [2.45, 2.75) is 12.8 Å². The van der Waals surface area contributed by atoms with Gasteiger partial charge in [0.2, 0.25) is 0 Å². The molecule has 0 aliphatic carbocycles. The first-order chi connectivity index (χ1) is 5.68. The van der Waals surface area contributed by atoms with Crippen LogP contribution in [0.2, 0.25) is 0 Å². The predicted octanol–water partition coefficient (Wildman–Crippen LogP) is -1.66. The fourth-order valence-corrected chi connectivity index (χ4v) is 1.95. The van der Waals surface area contributed by atoms with Crippen LogP contribution >= 0.6 is 0 Å². The molecule has 1 aliphatic heterocycles. The largest absolute Gasteiger partial charge is 0.544 e. The Morgan fingerprint density at radius 2 is 2.00 bits per heavy atom. The van der Waals surface area contributed by atoms with E-state index in [0.29, 0.717) is 11.0 Å². The third kappa shape index (κ3) is 2.19. The lowest BCUT2D eigenvalue weighted by molar-refractivity contribution is -0.911. The molecule has 70 valence electrons. The van der Waals surface area contributed by atoms with Gasteiger partial charge in [0.15, 0.2) is 0 Å². The molecule has 1 saturated heterocycles. The molecular weight excluding hydrogens is 158 g/mol. The van der Waals surface area contributed by atoms with Gasteiger partial charge in [0.25, 0.3) is 0 Å². The molecule has 0 radical (unpaired) electrons. The van der Waals surface area contributed by atoms with Crippen molar-refractivity contribution in [2.75, 3.05) is 32.8 Å². The number of hydrogen-bond acceptors (Lipinski definition) is 3. The lowest BCUT2D eigenvalue weighted by Gasteiger charge is -2.33. The van der Waals surface area contributed by atoms with Crippen molar-refractivity contribution in [3.63, 3.8) is 0 Å². The van der Waals surface area contributed by atoms with Crippen molar-refractivity contribution >= 4 is 5.97 Å². The van der Waals surface area contributed by atoms with Crippen molar-refractivity contribution in [1.82, 2.24) is 0 Å². The number of aliphatic hydroxyl groups is 1. The number of hydrogen-bond donors (Lipinski definition) is 1. The number of aliphatic hydroxyl groups excluding tert-OH is 1. The number of aliphatic carboxylic acids is 1. The first kappa shape index (κ1) is 9.48. The van der Waals surface area contributed by atoms with Gasteiger partial charge in [-0.1, -0.05) is 0 Å². The molecule has 0 aromatic heterocycles. The van der Waals surface area contributed by atoms with Crippen LogP contribution in [0.5, 0.6) is 0 Å². The van der Waals surface area contributed by atoms with Gasteiger partial charge in [0.05, 0.1) is 25.7 Å². The van der Waals surface area contributed by atoms with Crippen molar-refractivity contribution in [1.29, 1.82) is 0 Å². The zero-order valence-corrected chi connectivity index (χ0v) is 7.16. The molecule has 0 bridgehead atoms. The molecule has 4 nitrogen and oxygen atoms in total. The Hall–Kier alpha value is -0.610. The standard InChI is InChI=1S/C8H15NO3/c10-6-5-9(7-8(11)12)3-1-2-4-9/h10H,1-7H2. The molecule has 1 N–H and O–H groups in total. The molecule has 0 aromatic rings. The Balaban J connectivity index is 2.52. The van der Waals surface area contributed by atoms with E-state index in [9.17, 15) is 9.90 Å². The van der Waals surface area contributed by atoms with Crippen LogP contribution in [0.1, 0.15) is 12.8 Å². The summed E-state index contributed by atoms with van der Waals surface area (Å²) in [6, 6.07) is 0. The summed E-state index contributed by atoms with van der Waals surface area (Å²) in [4.78, 5) is 10.4. The number of quaternary nitrogens is 1. The van der Waals surface area contributed by atoms with E-state index >= 15 is 0 Å². The molecule has 1 rings (SSSR count). The molecule has 0 atom stereocenters. The summed E-state index contributed by atoms with van der Waals surface area (Å²) < 4.78 is 0.513. The molecule has 0 saturated carbocycles. The van der Waals surface area contributed by atoms with E-state index in [2.05, 4.69) is 0 Å². The van der Waals surface area contributed by atoms with Crippen LogP contribution in [0.15, 0.2) is 0 Å². The SMILES string of the molecule is O=C([O-])C[N+]1(CCO)CCCC1. The predicted molar refractivity (Wildman–Crippen MR) is 41.1 cm³/mol. The maximum Gasteiger partial charge on any atom is 0.119 e. The van der Waals surface area contributed by atoms with Crippen molar-refractivity contribution in [3.8, 4) is 0 Å². The minimum Gasteiger partial charge on any atom is -0.544 e. The maximum atomic E-state index is 10.4. The Morgan fingerprint density at radius 1 is 1.42 bits per heavy atom. The summed E-state index contributed by atoms with van der Waals surface area (Å²) >= 11 is 0. The lowest BCUT2D eigenvalue weighted by atomic mass is 10.4. The van der Waals surface area contributed by atoms with Gasteiger partial charge in [-0.2, -0.15) is 0 Å². The maximum absolute atomic E-state index is 10.4. The number of carbonyl (C=O) groups is 1. The summed E-state index contributed by atoms with van der Waals surface area (Å²) in [6.07, 6.45) is 2.13. The zero-order valence-electron chi connectivity index (χ0n) is 7.16. The fraction of sp³-hybridized carbons (Fsp3) is 0.875. The first-order valence-corrected chi connectivity index (χ1v) is 4.34. The van der Waals surface area contributed by atoms with Crippen LogP contribution in [0.3, 0.4) is 0 Å². The van der Waals surface area contributed by atoms with Crippen molar-refractivity contribution in [3.05, 3.63) is 0 Å². The van der Waals surface area contributed by atoms with E-state index < -0.39 is 5.97 Å². The average molecular weight is 173 g/mol. The molecule has 0 amide bonds. The topological polar surface area (TPSA) is 60.4 Å². The highest BCUT2D eigenvalue weighted by Gasteiger charge is 2.31. The number of likely N-dealkylation sites (tertiary alicyclic amines) is 1. The van der Waals surface area contributed by atoms with Crippen LogP contribution in [-0.4, -0.2) is 48.3 Å². The average Bonchev–Trinajstić information content (AvgIpc) is 2.36. The number of rotatable bonds is 4. The first-order valence-electron chi connectivity index (χ1n) is 4.34. The van der Waals surface area contributed by atoms with E-state index in [1.54, 1.807) is 0 Å². The molecule has 0 aromatic carbocycles. The van der Waals surface area contributed by atoms with Crippen LogP contribution < -0.4 is 5.11 Å². The number of nitrogens with zero attached hydrogens (tertiary/aromatic N) is 1. The highest BCUT2D eigenvalue weighted by molar-refractivity contribution is 5.65. The van der Waals surface area contributed by atoms with Gasteiger partial charge in [0, 0.05) is 12.8 Å². The zero-order chi connectivity index (χ0) is 9.03. The lowest BCUT2D eigenvalue weighted by Crippen LogP contribution is -2.53. The van der Waals surface area contributed by atoms with Gasteiger partial charge in [-0.05, 0) is 0 Å². The van der Waals surface area contributed by atoms with Gasteiger partial charge < -0.3 is 19.5 Å². The molecule has 0 unspecified atom stereocenters. The van der Waals surface area contributed by atoms with Crippen LogP contribution in [-0.2, 0) is 4.79 Å². The molecule has 1 fully saturated rings. The smallest absolute Gasteiger partial charge is 0.119 e. The second kappa shape index (κ2) is 3.87. The highest BCUT2D eigenvalue weighted by atomic mass is 16.4. The van der Waals surface area contributed by atoms with Crippen molar-refractivity contribution in [2.24, 2.45) is 0 Å². The Morgan fingerprint density at radius 3 is 2.42 bits per heavy atom. The number of carboxylic acid groups (broad SMARTS) is 1. The van der Waals surface area contributed by atoms with Gasteiger partial charge in [-0.25, -0.2) is 0 Å². The fourth-order valence-electron chi connectivity index (χ4n) is 1.95. The quantitative estimate of drug-likeness (QED) is 0.518. The van der Waals surface area contributed by atoms with Gasteiger partial charge >= 0.3 is 0 Å². The third-order valence-corrected chi connectivity index (χ3v) is 2.55. The van der Waals surface area contributed by atoms with Crippen LogP contribution in [0.4, 0.5) is 0 Å². The molecule has 1 heterocycles. The Labute approximate surface area is 72.0 Å². The Bertz CT molecular complexity index is 164. The molecule has 0 spiro atoms. The summed E-state index contributed by atoms with van der Waals surface area (Å²) in [5.41, 5.74) is 0. The van der Waals surface area contributed by atoms with Crippen LogP contribution in [0.25, 0.3) is 0 Å². The third-order valence-electron chi connectivity index (χ3n) is 2.55. The number of carbonyl (C=O) groups excluding carboxylic acids is 1. The van der Waals surface area contributed by atoms with Gasteiger partial charge in [0.1, 0.15) is 13.1 Å². The summed E-state index contributed by atoms with van der Waals surface area (Å²) in [6.45, 7) is 2.41. The summed E-state index contributed by atoms with van der Waals surface area (Å²) in [7, 11) is 0. The summed E-state index contributed by atoms with van der Waals surface area (Å²) in [5.74, 6) is -1.01. The van der Waals surface area contributed by atoms with Crippen LogP contribution in [0, 0.1) is 0 Å². The Kier molecular flexibility index (Phi) is 3.05. The van der Waals surface area contributed by atoms with E-state index in [1.807, 2.05) is 0 Å². The second-order valence-electron chi connectivity index (χ2n) is 3.47. The summed E-state index contributed by atoms with van der Waals surface area (Å²) in [5, 5.41) is 19.2. The van der Waals surface area contributed by atoms with E-state index in [-0.39, 0.29) is 13.2 Å². The number of carboxylic acids is 1. The van der Waals surface area contributed by atoms with E-state index in [4.69, 9.17) is 5.11 Å². The minimum absolute atomic E-state index is 0.0561. The molecule has 12 heavy (non-hydrogen) atoms.